The van der Waals surface area contributed by atoms with Gasteiger partial charge in [-0.3, -0.25) is 0 Å². The maximum Gasteiger partial charge on any atom is 0.0701 e. The molecule has 0 radical (unpaired) electrons. The van der Waals surface area contributed by atoms with Gasteiger partial charge in [0.15, 0.2) is 0 Å². The zero-order valence-electron chi connectivity index (χ0n) is 13.3. The van der Waals surface area contributed by atoms with Crippen LogP contribution in [0.15, 0.2) is 12.3 Å². The van der Waals surface area contributed by atoms with Gasteiger partial charge in [0.05, 0.1) is 19.8 Å². The highest BCUT2D eigenvalue weighted by Gasteiger charge is 2.02. The number of rotatable bonds is 13. The van der Waals surface area contributed by atoms with Crippen LogP contribution >= 0.6 is 0 Å². The van der Waals surface area contributed by atoms with Crippen LogP contribution in [0.4, 0.5) is 0 Å². The van der Waals surface area contributed by atoms with Crippen LogP contribution in [-0.4, -0.2) is 33.0 Å². The van der Waals surface area contributed by atoms with Crippen molar-refractivity contribution in [3.05, 3.63) is 12.3 Å². The Morgan fingerprint density at radius 2 is 1.68 bits per heavy atom. The van der Waals surface area contributed by atoms with Gasteiger partial charge in [-0.25, -0.2) is 0 Å². The summed E-state index contributed by atoms with van der Waals surface area (Å²) in [5.41, 5.74) is 1.11. The summed E-state index contributed by atoms with van der Waals surface area (Å²) < 4.78 is 11.0. The monoisotopic (exact) mass is 271 g/mol. The van der Waals surface area contributed by atoms with E-state index in [0.29, 0.717) is 25.7 Å². The first-order chi connectivity index (χ1) is 9.07. The van der Waals surface area contributed by atoms with E-state index >= 15 is 0 Å². The zero-order chi connectivity index (χ0) is 14.5. The number of hydrogen-bond acceptors (Lipinski definition) is 3. The van der Waals surface area contributed by atoms with E-state index in [9.17, 15) is 0 Å². The maximum atomic E-state index is 5.50. The summed E-state index contributed by atoms with van der Waals surface area (Å²) >= 11 is 0. The Balaban J connectivity index is 3.17. The van der Waals surface area contributed by atoms with Gasteiger partial charge in [-0.2, -0.15) is 0 Å². The van der Waals surface area contributed by atoms with E-state index in [4.69, 9.17) is 9.47 Å². The fraction of sp³-hybridized carbons (Fsp3) is 0.875. The van der Waals surface area contributed by atoms with Crippen molar-refractivity contribution in [1.82, 2.24) is 5.32 Å². The molecule has 0 rings (SSSR count). The van der Waals surface area contributed by atoms with Crippen LogP contribution in [0.25, 0.3) is 0 Å². The van der Waals surface area contributed by atoms with Crippen molar-refractivity contribution in [2.75, 3.05) is 33.0 Å². The molecule has 0 aromatic rings. The van der Waals surface area contributed by atoms with Crippen LogP contribution < -0.4 is 5.32 Å². The van der Waals surface area contributed by atoms with Crippen LogP contribution in [0, 0.1) is 11.8 Å². The van der Waals surface area contributed by atoms with Gasteiger partial charge in [0, 0.05) is 18.8 Å². The minimum absolute atomic E-state index is 0.532. The molecule has 1 unspecified atom stereocenters. The minimum atomic E-state index is 0.532. The van der Waals surface area contributed by atoms with E-state index < -0.39 is 0 Å². The van der Waals surface area contributed by atoms with Crippen molar-refractivity contribution in [3.8, 4) is 0 Å². The van der Waals surface area contributed by atoms with Crippen molar-refractivity contribution in [1.29, 1.82) is 0 Å². The van der Waals surface area contributed by atoms with Gasteiger partial charge in [-0.05, 0) is 31.1 Å². The van der Waals surface area contributed by atoms with Crippen LogP contribution in [-0.2, 0) is 9.47 Å². The molecule has 0 saturated carbocycles. The van der Waals surface area contributed by atoms with Crippen LogP contribution in [0.1, 0.15) is 47.0 Å². The molecule has 0 aliphatic heterocycles. The van der Waals surface area contributed by atoms with E-state index in [-0.39, 0.29) is 0 Å². The SMILES string of the molecule is C=C(NCCOCCOCCCC(C)C)C(C)CC. The molecular formula is C16H33NO2. The van der Waals surface area contributed by atoms with Gasteiger partial charge in [-0.1, -0.05) is 34.3 Å². The van der Waals surface area contributed by atoms with Gasteiger partial charge in [0.1, 0.15) is 0 Å². The lowest BCUT2D eigenvalue weighted by Crippen LogP contribution is -2.22. The van der Waals surface area contributed by atoms with Crippen molar-refractivity contribution < 1.29 is 9.47 Å². The van der Waals surface area contributed by atoms with Gasteiger partial charge >= 0.3 is 0 Å². The third kappa shape index (κ3) is 12.2. The third-order valence-electron chi connectivity index (χ3n) is 3.25. The highest BCUT2D eigenvalue weighted by Crippen LogP contribution is 2.08. The Morgan fingerprint density at radius 1 is 1.05 bits per heavy atom. The van der Waals surface area contributed by atoms with Crippen LogP contribution in [0.5, 0.6) is 0 Å². The molecule has 114 valence electrons. The van der Waals surface area contributed by atoms with E-state index in [1.54, 1.807) is 0 Å². The summed E-state index contributed by atoms with van der Waals surface area (Å²) in [7, 11) is 0. The Labute approximate surface area is 119 Å². The Kier molecular flexibility index (Phi) is 12.1. The Hall–Kier alpha value is -0.540. The number of allylic oxidation sites excluding steroid dienone is 1. The lowest BCUT2D eigenvalue weighted by Gasteiger charge is -2.15. The van der Waals surface area contributed by atoms with Gasteiger partial charge in [0.25, 0.3) is 0 Å². The van der Waals surface area contributed by atoms with Gasteiger partial charge < -0.3 is 14.8 Å². The molecule has 1 N–H and O–H groups in total. The molecule has 0 aliphatic rings. The fourth-order valence-corrected chi connectivity index (χ4v) is 1.62. The molecule has 3 nitrogen and oxygen atoms in total. The number of ether oxygens (including phenoxy) is 2. The second-order valence-corrected chi connectivity index (χ2v) is 5.52. The molecule has 1 atom stereocenters. The summed E-state index contributed by atoms with van der Waals surface area (Å²) in [5, 5.41) is 3.30. The number of hydrogen-bond donors (Lipinski definition) is 1. The van der Waals surface area contributed by atoms with Crippen molar-refractivity contribution in [2.45, 2.75) is 47.0 Å². The third-order valence-corrected chi connectivity index (χ3v) is 3.25. The predicted molar refractivity (Wildman–Crippen MR) is 82.3 cm³/mol. The summed E-state index contributed by atoms with van der Waals surface area (Å²) in [6.45, 7) is 16.6. The van der Waals surface area contributed by atoms with Gasteiger partial charge in [-0.15, -0.1) is 0 Å². The van der Waals surface area contributed by atoms with E-state index in [2.05, 4.69) is 39.6 Å². The Bertz CT molecular complexity index is 217. The first-order valence-corrected chi connectivity index (χ1v) is 7.66. The average molecular weight is 271 g/mol. The normalized spacial score (nSPS) is 12.7. The van der Waals surface area contributed by atoms with Crippen molar-refractivity contribution >= 4 is 0 Å². The maximum absolute atomic E-state index is 5.50. The largest absolute Gasteiger partial charge is 0.386 e. The average Bonchev–Trinajstić information content (AvgIpc) is 2.39. The van der Waals surface area contributed by atoms with E-state index in [0.717, 1.165) is 37.6 Å². The van der Waals surface area contributed by atoms with E-state index in [1.807, 2.05) is 0 Å². The lowest BCUT2D eigenvalue weighted by atomic mass is 10.1. The molecular weight excluding hydrogens is 238 g/mol. The molecule has 0 aromatic carbocycles. The summed E-state index contributed by atoms with van der Waals surface area (Å²) in [6, 6.07) is 0. The second-order valence-electron chi connectivity index (χ2n) is 5.52. The van der Waals surface area contributed by atoms with Crippen molar-refractivity contribution in [2.24, 2.45) is 11.8 Å². The molecule has 0 heterocycles. The Morgan fingerprint density at radius 3 is 2.26 bits per heavy atom. The first kappa shape index (κ1) is 18.5. The van der Waals surface area contributed by atoms with Crippen LogP contribution in [0.3, 0.4) is 0 Å². The fourth-order valence-electron chi connectivity index (χ4n) is 1.62. The smallest absolute Gasteiger partial charge is 0.0701 e. The highest BCUT2D eigenvalue weighted by molar-refractivity contribution is 4.95. The zero-order valence-corrected chi connectivity index (χ0v) is 13.3. The molecule has 19 heavy (non-hydrogen) atoms. The predicted octanol–water partition coefficient (Wildman–Crippen LogP) is 3.61. The quantitative estimate of drug-likeness (QED) is 0.519. The standard InChI is InChI=1S/C16H33NO2/c1-6-15(4)16(5)17-9-11-19-13-12-18-10-7-8-14(2)3/h14-15,17H,5-13H2,1-4H3. The molecule has 0 fully saturated rings. The summed E-state index contributed by atoms with van der Waals surface area (Å²) in [6.07, 6.45) is 3.51. The van der Waals surface area contributed by atoms with Gasteiger partial charge in [0.2, 0.25) is 0 Å². The second kappa shape index (κ2) is 12.5. The first-order valence-electron chi connectivity index (χ1n) is 7.66. The molecule has 0 bridgehead atoms. The van der Waals surface area contributed by atoms with Crippen molar-refractivity contribution in [3.63, 3.8) is 0 Å². The molecule has 3 heteroatoms. The molecule has 0 aliphatic carbocycles. The summed E-state index contributed by atoms with van der Waals surface area (Å²) in [5.74, 6) is 1.30. The minimum Gasteiger partial charge on any atom is -0.386 e. The van der Waals surface area contributed by atoms with E-state index in [1.165, 1.54) is 6.42 Å². The number of nitrogens with one attached hydrogen (secondary N) is 1. The topological polar surface area (TPSA) is 30.5 Å². The molecule has 0 aromatic heterocycles. The molecule has 0 saturated heterocycles. The molecule has 0 amide bonds. The molecule has 0 spiro atoms. The van der Waals surface area contributed by atoms with Crippen LogP contribution in [0.2, 0.25) is 0 Å². The highest BCUT2D eigenvalue weighted by atomic mass is 16.5. The lowest BCUT2D eigenvalue weighted by molar-refractivity contribution is 0.0471. The summed E-state index contributed by atoms with van der Waals surface area (Å²) in [4.78, 5) is 0.